The summed E-state index contributed by atoms with van der Waals surface area (Å²) in [7, 11) is 0. The first-order valence-corrected chi connectivity index (χ1v) is 7.84. The van der Waals surface area contributed by atoms with E-state index in [0.717, 1.165) is 10.4 Å². The lowest BCUT2D eigenvalue weighted by molar-refractivity contribution is 0.0952. The van der Waals surface area contributed by atoms with E-state index in [1.165, 1.54) is 16.9 Å². The lowest BCUT2D eigenvalue weighted by atomic mass is 9.88. The third-order valence-electron chi connectivity index (χ3n) is 3.58. The van der Waals surface area contributed by atoms with Crippen molar-refractivity contribution < 1.29 is 4.79 Å². The number of nitrogens with one attached hydrogen (secondary N) is 1. The highest BCUT2D eigenvalue weighted by atomic mass is 32.1. The normalized spacial score (nSPS) is 12.4. The molecule has 1 atom stereocenters. The predicted octanol–water partition coefficient (Wildman–Crippen LogP) is 4.23. The maximum absolute atomic E-state index is 12.2. The van der Waals surface area contributed by atoms with Crippen LogP contribution in [0, 0.1) is 12.8 Å². The summed E-state index contributed by atoms with van der Waals surface area (Å²) in [6.07, 6.45) is 0. The zero-order valence-electron chi connectivity index (χ0n) is 12.2. The van der Waals surface area contributed by atoms with Crippen molar-refractivity contribution in [2.45, 2.75) is 26.7 Å². The molecule has 1 heterocycles. The molecule has 2 nitrogen and oxygen atoms in total. The van der Waals surface area contributed by atoms with Crippen molar-refractivity contribution in [3.8, 4) is 0 Å². The van der Waals surface area contributed by atoms with Gasteiger partial charge in [0.1, 0.15) is 0 Å². The third kappa shape index (κ3) is 3.48. The molecule has 0 saturated carbocycles. The number of hydrogen-bond acceptors (Lipinski definition) is 2. The average Bonchev–Trinajstić information content (AvgIpc) is 2.86. The molecule has 0 spiro atoms. The Kier molecular flexibility index (Phi) is 4.96. The van der Waals surface area contributed by atoms with E-state index in [1.54, 1.807) is 0 Å². The number of benzene rings is 1. The molecule has 0 saturated heterocycles. The number of thiophene rings is 1. The van der Waals surface area contributed by atoms with Crippen molar-refractivity contribution >= 4 is 17.2 Å². The Morgan fingerprint density at radius 1 is 1.20 bits per heavy atom. The molecule has 2 rings (SSSR count). The molecular weight excluding hydrogens is 266 g/mol. The van der Waals surface area contributed by atoms with E-state index in [9.17, 15) is 4.79 Å². The van der Waals surface area contributed by atoms with E-state index in [2.05, 4.69) is 43.4 Å². The van der Waals surface area contributed by atoms with Gasteiger partial charge in [0.2, 0.25) is 0 Å². The van der Waals surface area contributed by atoms with E-state index in [4.69, 9.17) is 0 Å². The zero-order chi connectivity index (χ0) is 14.5. The minimum Gasteiger partial charge on any atom is -0.351 e. The molecule has 1 amide bonds. The molecule has 0 aliphatic carbocycles. The molecule has 0 unspecified atom stereocenters. The highest BCUT2D eigenvalue weighted by Crippen LogP contribution is 2.24. The zero-order valence-corrected chi connectivity index (χ0v) is 13.0. The van der Waals surface area contributed by atoms with Crippen LogP contribution in [0.25, 0.3) is 0 Å². The molecule has 20 heavy (non-hydrogen) atoms. The second-order valence-corrected chi connectivity index (χ2v) is 6.32. The topological polar surface area (TPSA) is 29.1 Å². The van der Waals surface area contributed by atoms with Gasteiger partial charge in [-0.05, 0) is 35.4 Å². The third-order valence-corrected chi connectivity index (χ3v) is 4.60. The van der Waals surface area contributed by atoms with Gasteiger partial charge in [-0.15, -0.1) is 11.3 Å². The first-order valence-electron chi connectivity index (χ1n) is 6.97. The SMILES string of the molecule is Cc1ccsc1C(=O)NC[C@H](c1ccccc1)C(C)C. The molecule has 2 aromatic rings. The van der Waals surface area contributed by atoms with Gasteiger partial charge < -0.3 is 5.32 Å². The van der Waals surface area contributed by atoms with Crippen LogP contribution < -0.4 is 5.32 Å². The molecule has 0 fully saturated rings. The first kappa shape index (κ1) is 14.8. The number of rotatable bonds is 5. The highest BCUT2D eigenvalue weighted by Gasteiger charge is 2.18. The largest absolute Gasteiger partial charge is 0.351 e. The van der Waals surface area contributed by atoms with Gasteiger partial charge in [-0.1, -0.05) is 44.2 Å². The quantitative estimate of drug-likeness (QED) is 0.876. The second-order valence-electron chi connectivity index (χ2n) is 5.40. The number of carbonyl (C=O) groups excluding carboxylic acids is 1. The summed E-state index contributed by atoms with van der Waals surface area (Å²) in [5, 5.41) is 5.04. The van der Waals surface area contributed by atoms with Gasteiger partial charge in [0.25, 0.3) is 5.91 Å². The Hall–Kier alpha value is -1.61. The van der Waals surface area contributed by atoms with Crippen LogP contribution in [0.3, 0.4) is 0 Å². The highest BCUT2D eigenvalue weighted by molar-refractivity contribution is 7.12. The van der Waals surface area contributed by atoms with Crippen LogP contribution in [-0.2, 0) is 0 Å². The van der Waals surface area contributed by atoms with Gasteiger partial charge in [-0.2, -0.15) is 0 Å². The summed E-state index contributed by atoms with van der Waals surface area (Å²) < 4.78 is 0. The molecule has 0 aliphatic rings. The van der Waals surface area contributed by atoms with E-state index < -0.39 is 0 Å². The fourth-order valence-corrected chi connectivity index (χ4v) is 3.17. The van der Waals surface area contributed by atoms with Crippen LogP contribution in [0.15, 0.2) is 41.8 Å². The number of carbonyl (C=O) groups is 1. The fourth-order valence-electron chi connectivity index (χ4n) is 2.33. The van der Waals surface area contributed by atoms with E-state index in [0.29, 0.717) is 18.4 Å². The van der Waals surface area contributed by atoms with Crippen molar-refractivity contribution in [1.29, 1.82) is 0 Å². The van der Waals surface area contributed by atoms with E-state index in [1.807, 2.05) is 24.4 Å². The Balaban J connectivity index is 2.04. The molecule has 1 aromatic heterocycles. The molecule has 0 radical (unpaired) electrons. The van der Waals surface area contributed by atoms with Crippen LogP contribution >= 0.6 is 11.3 Å². The first-order chi connectivity index (χ1) is 9.59. The van der Waals surface area contributed by atoms with Gasteiger partial charge in [0, 0.05) is 12.5 Å². The van der Waals surface area contributed by atoms with Crippen molar-refractivity contribution in [2.75, 3.05) is 6.54 Å². The molecular formula is C17H21NOS. The Morgan fingerprint density at radius 2 is 1.90 bits per heavy atom. The van der Waals surface area contributed by atoms with Crippen molar-refractivity contribution in [2.24, 2.45) is 5.92 Å². The number of hydrogen-bond donors (Lipinski definition) is 1. The molecule has 0 aliphatic heterocycles. The summed E-state index contributed by atoms with van der Waals surface area (Å²) in [5.74, 6) is 0.877. The van der Waals surface area contributed by atoms with Crippen LogP contribution in [0.5, 0.6) is 0 Å². The smallest absolute Gasteiger partial charge is 0.261 e. The number of aryl methyl sites for hydroxylation is 1. The van der Waals surface area contributed by atoms with Gasteiger partial charge in [-0.25, -0.2) is 0 Å². The predicted molar refractivity (Wildman–Crippen MR) is 85.4 cm³/mol. The maximum Gasteiger partial charge on any atom is 0.261 e. The summed E-state index contributed by atoms with van der Waals surface area (Å²) in [6.45, 7) is 7.04. The van der Waals surface area contributed by atoms with Crippen LogP contribution in [0.2, 0.25) is 0 Å². The van der Waals surface area contributed by atoms with Crippen molar-refractivity contribution in [1.82, 2.24) is 5.32 Å². The lowest BCUT2D eigenvalue weighted by Gasteiger charge is -2.21. The van der Waals surface area contributed by atoms with Gasteiger partial charge in [0.15, 0.2) is 0 Å². The maximum atomic E-state index is 12.2. The van der Waals surface area contributed by atoms with Crippen molar-refractivity contribution in [3.63, 3.8) is 0 Å². The number of amides is 1. The molecule has 106 valence electrons. The van der Waals surface area contributed by atoms with Crippen LogP contribution in [0.4, 0.5) is 0 Å². The standard InChI is InChI=1S/C17H21NOS/c1-12(2)15(14-7-5-4-6-8-14)11-18-17(19)16-13(3)9-10-20-16/h4-10,12,15H,11H2,1-3H3,(H,18,19)/t15-/m0/s1. The summed E-state index contributed by atoms with van der Waals surface area (Å²) in [6, 6.07) is 12.4. The molecule has 1 aromatic carbocycles. The van der Waals surface area contributed by atoms with E-state index >= 15 is 0 Å². The molecule has 1 N–H and O–H groups in total. The van der Waals surface area contributed by atoms with Crippen LogP contribution in [0.1, 0.15) is 40.6 Å². The Bertz CT molecular complexity index is 559. The molecule has 0 bridgehead atoms. The minimum atomic E-state index is 0.0408. The van der Waals surface area contributed by atoms with Crippen molar-refractivity contribution in [3.05, 3.63) is 57.8 Å². The Labute approximate surface area is 124 Å². The fraction of sp³-hybridized carbons (Fsp3) is 0.353. The Morgan fingerprint density at radius 3 is 2.45 bits per heavy atom. The van der Waals surface area contributed by atoms with Gasteiger partial charge >= 0.3 is 0 Å². The lowest BCUT2D eigenvalue weighted by Crippen LogP contribution is -2.30. The average molecular weight is 287 g/mol. The summed E-state index contributed by atoms with van der Waals surface area (Å²) in [5.41, 5.74) is 2.33. The van der Waals surface area contributed by atoms with Gasteiger partial charge in [-0.3, -0.25) is 4.79 Å². The summed E-state index contributed by atoms with van der Waals surface area (Å²) >= 11 is 1.50. The monoisotopic (exact) mass is 287 g/mol. The minimum absolute atomic E-state index is 0.0408. The molecule has 3 heteroatoms. The van der Waals surface area contributed by atoms with E-state index in [-0.39, 0.29) is 5.91 Å². The van der Waals surface area contributed by atoms with Gasteiger partial charge in [0.05, 0.1) is 4.88 Å². The van der Waals surface area contributed by atoms with Crippen LogP contribution in [-0.4, -0.2) is 12.5 Å². The second kappa shape index (κ2) is 6.71. The summed E-state index contributed by atoms with van der Waals surface area (Å²) in [4.78, 5) is 13.0.